The molecule has 0 aliphatic carbocycles. The third-order valence-corrected chi connectivity index (χ3v) is 4.06. The number of oxime groups is 1. The zero-order valence-corrected chi connectivity index (χ0v) is 15.6. The first-order valence-electron chi connectivity index (χ1n) is 8.30. The highest BCUT2D eigenvalue weighted by atomic mass is 16.6. The smallest absolute Gasteiger partial charge is 0.251 e. The number of methoxy groups -OCH3 is 1. The first-order valence-corrected chi connectivity index (χ1v) is 8.30. The largest absolute Gasteiger partial charge is 0.497 e. The lowest BCUT2D eigenvalue weighted by Gasteiger charge is -2.25. The topological polar surface area (TPSA) is 63.2 Å². The molecule has 26 heavy (non-hydrogen) atoms. The SMILES string of the molecule is CO/N=C/c1ccc(C(=O)NCC(c2ccc(OC)cc2)N(C)C)cc1. The minimum Gasteiger partial charge on any atom is -0.497 e. The molecule has 6 nitrogen and oxygen atoms in total. The van der Waals surface area contributed by atoms with Crippen molar-refractivity contribution in [3.05, 3.63) is 65.2 Å². The van der Waals surface area contributed by atoms with Gasteiger partial charge in [-0.15, -0.1) is 0 Å². The summed E-state index contributed by atoms with van der Waals surface area (Å²) in [7, 11) is 7.11. The molecule has 1 amide bonds. The number of carbonyl (C=O) groups excluding carboxylic acids is 1. The lowest BCUT2D eigenvalue weighted by Crippen LogP contribution is -2.34. The monoisotopic (exact) mass is 355 g/mol. The molecule has 138 valence electrons. The summed E-state index contributed by atoms with van der Waals surface area (Å²) >= 11 is 0. The lowest BCUT2D eigenvalue weighted by molar-refractivity contribution is 0.0942. The molecule has 0 aliphatic rings. The van der Waals surface area contributed by atoms with E-state index in [1.807, 2.05) is 50.5 Å². The van der Waals surface area contributed by atoms with Gasteiger partial charge in [-0.2, -0.15) is 0 Å². The molecule has 1 atom stereocenters. The standard InChI is InChI=1S/C20H25N3O3/c1-23(2)19(16-9-11-18(25-3)12-10-16)14-21-20(24)17-7-5-15(6-8-17)13-22-26-4/h5-13,19H,14H2,1-4H3,(H,21,24)/b22-13+. The molecule has 0 radical (unpaired) electrons. The number of benzene rings is 2. The fraction of sp³-hybridized carbons (Fsp3) is 0.300. The molecular weight excluding hydrogens is 330 g/mol. The second kappa shape index (κ2) is 9.58. The Morgan fingerprint density at radius 1 is 1.12 bits per heavy atom. The number of hydrogen-bond donors (Lipinski definition) is 1. The van der Waals surface area contributed by atoms with Crippen LogP contribution in [0.5, 0.6) is 5.75 Å². The van der Waals surface area contributed by atoms with Gasteiger partial charge in [0.1, 0.15) is 12.9 Å². The van der Waals surface area contributed by atoms with Crippen LogP contribution in [-0.4, -0.2) is 51.9 Å². The van der Waals surface area contributed by atoms with E-state index < -0.39 is 0 Å². The van der Waals surface area contributed by atoms with Crippen LogP contribution < -0.4 is 10.1 Å². The van der Waals surface area contributed by atoms with E-state index in [1.165, 1.54) is 7.11 Å². The van der Waals surface area contributed by atoms with Crippen molar-refractivity contribution >= 4 is 12.1 Å². The zero-order chi connectivity index (χ0) is 18.9. The van der Waals surface area contributed by atoms with Crippen molar-refractivity contribution in [3.63, 3.8) is 0 Å². The second-order valence-electron chi connectivity index (χ2n) is 6.00. The third kappa shape index (κ3) is 5.32. The maximum atomic E-state index is 12.4. The van der Waals surface area contributed by atoms with Gasteiger partial charge in [-0.25, -0.2) is 0 Å². The van der Waals surface area contributed by atoms with Crippen LogP contribution in [0.1, 0.15) is 27.5 Å². The van der Waals surface area contributed by atoms with E-state index in [2.05, 4.69) is 20.2 Å². The average molecular weight is 355 g/mol. The molecule has 2 rings (SSSR count). The predicted molar refractivity (Wildman–Crippen MR) is 103 cm³/mol. The highest BCUT2D eigenvalue weighted by molar-refractivity contribution is 5.95. The van der Waals surface area contributed by atoms with Gasteiger partial charge in [-0.1, -0.05) is 29.4 Å². The Morgan fingerprint density at radius 2 is 1.77 bits per heavy atom. The molecule has 2 aromatic carbocycles. The second-order valence-corrected chi connectivity index (χ2v) is 6.00. The van der Waals surface area contributed by atoms with Crippen molar-refractivity contribution in [2.24, 2.45) is 5.16 Å². The van der Waals surface area contributed by atoms with Crippen molar-refractivity contribution in [1.29, 1.82) is 0 Å². The number of ether oxygens (including phenoxy) is 1. The van der Waals surface area contributed by atoms with Gasteiger partial charge < -0.3 is 19.8 Å². The number of nitrogens with zero attached hydrogens (tertiary/aromatic N) is 2. The number of hydrogen-bond acceptors (Lipinski definition) is 5. The summed E-state index contributed by atoms with van der Waals surface area (Å²) in [4.78, 5) is 19.1. The van der Waals surface area contributed by atoms with Crippen molar-refractivity contribution in [2.45, 2.75) is 6.04 Å². The molecule has 0 saturated heterocycles. The van der Waals surface area contributed by atoms with Crippen LogP contribution in [0.25, 0.3) is 0 Å². The number of amides is 1. The molecule has 0 aromatic heterocycles. The van der Waals surface area contributed by atoms with Gasteiger partial charge in [-0.3, -0.25) is 4.79 Å². The zero-order valence-electron chi connectivity index (χ0n) is 15.6. The first-order chi connectivity index (χ1) is 12.5. The maximum absolute atomic E-state index is 12.4. The van der Waals surface area contributed by atoms with Gasteiger partial charge >= 0.3 is 0 Å². The summed E-state index contributed by atoms with van der Waals surface area (Å²) in [6, 6.07) is 15.1. The molecule has 0 spiro atoms. The van der Waals surface area contributed by atoms with E-state index in [0.717, 1.165) is 16.9 Å². The first kappa shape index (κ1) is 19.5. The molecule has 1 unspecified atom stereocenters. The number of carbonyl (C=O) groups is 1. The highest BCUT2D eigenvalue weighted by Crippen LogP contribution is 2.20. The fourth-order valence-corrected chi connectivity index (χ4v) is 2.55. The fourth-order valence-electron chi connectivity index (χ4n) is 2.55. The van der Waals surface area contributed by atoms with Crippen LogP contribution in [0.3, 0.4) is 0 Å². The highest BCUT2D eigenvalue weighted by Gasteiger charge is 2.16. The van der Waals surface area contributed by atoms with Gasteiger partial charge in [0.15, 0.2) is 0 Å². The number of likely N-dealkylation sites (N-methyl/N-ethyl adjacent to an activating group) is 1. The van der Waals surface area contributed by atoms with Crippen molar-refractivity contribution in [3.8, 4) is 5.75 Å². The molecule has 0 saturated carbocycles. The van der Waals surface area contributed by atoms with Crippen LogP contribution >= 0.6 is 0 Å². The normalized spacial score (nSPS) is 12.2. The molecule has 0 heterocycles. The lowest BCUT2D eigenvalue weighted by atomic mass is 10.1. The van der Waals surface area contributed by atoms with E-state index in [0.29, 0.717) is 12.1 Å². The molecule has 2 aromatic rings. The van der Waals surface area contributed by atoms with E-state index in [9.17, 15) is 4.79 Å². The van der Waals surface area contributed by atoms with Gasteiger partial charge in [0.05, 0.1) is 19.4 Å². The van der Waals surface area contributed by atoms with Crippen LogP contribution in [-0.2, 0) is 4.84 Å². The molecule has 0 aliphatic heterocycles. The van der Waals surface area contributed by atoms with Crippen molar-refractivity contribution < 1.29 is 14.4 Å². The van der Waals surface area contributed by atoms with Gasteiger partial charge in [0.2, 0.25) is 0 Å². The van der Waals surface area contributed by atoms with Gasteiger partial charge in [0, 0.05) is 12.1 Å². The Labute approximate surface area is 154 Å². The molecule has 0 bridgehead atoms. The Bertz CT molecular complexity index is 725. The Hall–Kier alpha value is -2.86. The summed E-state index contributed by atoms with van der Waals surface area (Å²) in [5.41, 5.74) is 2.59. The van der Waals surface area contributed by atoms with E-state index >= 15 is 0 Å². The van der Waals surface area contributed by atoms with Gasteiger partial charge in [-0.05, 0) is 49.5 Å². The van der Waals surface area contributed by atoms with Crippen LogP contribution in [0.2, 0.25) is 0 Å². The molecule has 0 fully saturated rings. The third-order valence-electron chi connectivity index (χ3n) is 4.06. The van der Waals surface area contributed by atoms with Crippen LogP contribution in [0.15, 0.2) is 53.7 Å². The van der Waals surface area contributed by atoms with Crippen molar-refractivity contribution in [1.82, 2.24) is 10.2 Å². The van der Waals surface area contributed by atoms with Gasteiger partial charge in [0.25, 0.3) is 5.91 Å². The number of nitrogens with one attached hydrogen (secondary N) is 1. The molecule has 1 N–H and O–H groups in total. The predicted octanol–water partition coefficient (Wildman–Crippen LogP) is 2.71. The van der Waals surface area contributed by atoms with Crippen LogP contribution in [0.4, 0.5) is 0 Å². The summed E-state index contributed by atoms with van der Waals surface area (Å²) < 4.78 is 5.20. The maximum Gasteiger partial charge on any atom is 0.251 e. The summed E-state index contributed by atoms with van der Waals surface area (Å²) in [5.74, 6) is 0.702. The minimum atomic E-state index is -0.111. The summed E-state index contributed by atoms with van der Waals surface area (Å²) in [6.45, 7) is 0.505. The average Bonchev–Trinajstić information content (AvgIpc) is 2.67. The van der Waals surface area contributed by atoms with Crippen molar-refractivity contribution in [2.75, 3.05) is 34.9 Å². The summed E-state index contributed by atoms with van der Waals surface area (Å²) in [5, 5.41) is 6.70. The van der Waals surface area contributed by atoms with E-state index in [1.54, 1.807) is 25.5 Å². The summed E-state index contributed by atoms with van der Waals surface area (Å²) in [6.07, 6.45) is 1.59. The Kier molecular flexibility index (Phi) is 7.17. The quantitative estimate of drug-likeness (QED) is 0.584. The molecular formula is C20H25N3O3. The van der Waals surface area contributed by atoms with Crippen LogP contribution in [0, 0.1) is 0 Å². The minimum absolute atomic E-state index is 0.0676. The Morgan fingerprint density at radius 3 is 2.31 bits per heavy atom. The van der Waals surface area contributed by atoms with E-state index in [4.69, 9.17) is 4.74 Å². The Balaban J connectivity index is 2.01. The van der Waals surface area contributed by atoms with E-state index in [-0.39, 0.29) is 11.9 Å². The molecule has 6 heteroatoms. The number of rotatable bonds is 8.